The first-order chi connectivity index (χ1) is 12.3. The van der Waals surface area contributed by atoms with E-state index in [0.717, 1.165) is 12.2 Å². The number of nitrogens with zero attached hydrogens (tertiary/aromatic N) is 3. The topological polar surface area (TPSA) is 67.2 Å². The Hall–Kier alpha value is -2.21. The maximum atomic E-state index is 12.7. The molecule has 2 aromatic rings. The first-order valence-corrected chi connectivity index (χ1v) is 9.31. The lowest BCUT2D eigenvalue weighted by Gasteiger charge is -2.30. The van der Waals surface area contributed by atoms with Crippen LogP contribution in [0.3, 0.4) is 0 Å². The standard InChI is InChI=1S/C20H30N4O2/c1-7-23-12-17(18(25)16-9-8-15(6)22-19(16)23)20(26)21-10-11-24(13(2)3)14(4)5/h8-9,12-14H,7,10-11H2,1-6H3,(H,21,26). The van der Waals surface area contributed by atoms with Crippen molar-refractivity contribution in [2.45, 2.75) is 60.2 Å². The molecule has 0 saturated heterocycles. The van der Waals surface area contributed by atoms with Crippen LogP contribution in [0.25, 0.3) is 11.0 Å². The lowest BCUT2D eigenvalue weighted by molar-refractivity contribution is 0.0938. The molecular weight excluding hydrogens is 328 g/mol. The second kappa shape index (κ2) is 8.45. The number of aryl methyl sites for hydroxylation is 2. The van der Waals surface area contributed by atoms with E-state index in [2.05, 4.69) is 42.9 Å². The molecule has 0 unspecified atom stereocenters. The third kappa shape index (κ3) is 4.30. The summed E-state index contributed by atoms with van der Waals surface area (Å²) in [6, 6.07) is 4.36. The lowest BCUT2D eigenvalue weighted by atomic mass is 10.1. The molecule has 6 heteroatoms. The van der Waals surface area contributed by atoms with Crippen molar-refractivity contribution in [3.63, 3.8) is 0 Å². The summed E-state index contributed by atoms with van der Waals surface area (Å²) in [5.74, 6) is -0.327. The van der Waals surface area contributed by atoms with Crippen LogP contribution in [0.5, 0.6) is 0 Å². The van der Waals surface area contributed by atoms with Gasteiger partial charge in [0, 0.05) is 43.6 Å². The molecule has 26 heavy (non-hydrogen) atoms. The number of carbonyl (C=O) groups excluding carboxylic acids is 1. The van der Waals surface area contributed by atoms with E-state index in [4.69, 9.17) is 0 Å². The van der Waals surface area contributed by atoms with E-state index >= 15 is 0 Å². The molecule has 2 rings (SSSR count). The fourth-order valence-corrected chi connectivity index (χ4v) is 3.27. The molecule has 0 bridgehead atoms. The normalized spacial score (nSPS) is 11.7. The van der Waals surface area contributed by atoms with Gasteiger partial charge in [0.25, 0.3) is 5.91 Å². The summed E-state index contributed by atoms with van der Waals surface area (Å²) >= 11 is 0. The van der Waals surface area contributed by atoms with Crippen molar-refractivity contribution in [2.24, 2.45) is 0 Å². The summed E-state index contributed by atoms with van der Waals surface area (Å²) in [7, 11) is 0. The molecule has 0 spiro atoms. The van der Waals surface area contributed by atoms with Crippen LogP contribution < -0.4 is 10.7 Å². The van der Waals surface area contributed by atoms with E-state index in [1.807, 2.05) is 18.4 Å². The minimum absolute atomic E-state index is 0.172. The fourth-order valence-electron chi connectivity index (χ4n) is 3.27. The third-order valence-corrected chi connectivity index (χ3v) is 4.63. The molecule has 0 fully saturated rings. The van der Waals surface area contributed by atoms with Gasteiger partial charge in [-0.05, 0) is 53.7 Å². The zero-order valence-corrected chi connectivity index (χ0v) is 16.7. The maximum absolute atomic E-state index is 12.7. The van der Waals surface area contributed by atoms with Crippen LogP contribution in [0.4, 0.5) is 0 Å². The molecule has 0 radical (unpaired) electrons. The fraction of sp³-hybridized carbons (Fsp3) is 0.550. The van der Waals surface area contributed by atoms with Gasteiger partial charge in [-0.3, -0.25) is 14.5 Å². The average molecular weight is 358 g/mol. The van der Waals surface area contributed by atoms with E-state index < -0.39 is 0 Å². The second-order valence-corrected chi connectivity index (χ2v) is 7.16. The average Bonchev–Trinajstić information content (AvgIpc) is 2.58. The van der Waals surface area contributed by atoms with Crippen molar-refractivity contribution in [3.05, 3.63) is 39.8 Å². The summed E-state index contributed by atoms with van der Waals surface area (Å²) in [5.41, 5.74) is 1.38. The van der Waals surface area contributed by atoms with Crippen LogP contribution in [0.2, 0.25) is 0 Å². The van der Waals surface area contributed by atoms with Gasteiger partial charge in [-0.2, -0.15) is 0 Å². The van der Waals surface area contributed by atoms with Crippen molar-refractivity contribution < 1.29 is 4.79 Å². The molecule has 142 valence electrons. The highest BCUT2D eigenvalue weighted by atomic mass is 16.2. The highest BCUT2D eigenvalue weighted by Crippen LogP contribution is 2.11. The van der Waals surface area contributed by atoms with E-state index in [0.29, 0.717) is 36.2 Å². The smallest absolute Gasteiger partial charge is 0.256 e. The molecule has 1 N–H and O–H groups in total. The Morgan fingerprint density at radius 3 is 2.46 bits per heavy atom. The quantitative estimate of drug-likeness (QED) is 0.826. The molecule has 0 aliphatic rings. The Kier molecular flexibility index (Phi) is 6.53. The summed E-state index contributed by atoms with van der Waals surface area (Å²) < 4.78 is 1.85. The zero-order valence-electron chi connectivity index (χ0n) is 16.7. The summed E-state index contributed by atoms with van der Waals surface area (Å²) in [5, 5.41) is 3.38. The summed E-state index contributed by atoms with van der Waals surface area (Å²) in [6.45, 7) is 14.3. The van der Waals surface area contributed by atoms with E-state index in [1.165, 1.54) is 0 Å². The molecule has 0 aliphatic carbocycles. The van der Waals surface area contributed by atoms with E-state index in [1.54, 1.807) is 18.3 Å². The number of rotatable bonds is 7. The number of hydrogen-bond acceptors (Lipinski definition) is 4. The number of amides is 1. The van der Waals surface area contributed by atoms with Gasteiger partial charge in [0.05, 0.1) is 5.39 Å². The lowest BCUT2D eigenvalue weighted by Crippen LogP contribution is -2.43. The van der Waals surface area contributed by atoms with Crippen molar-refractivity contribution in [1.82, 2.24) is 19.8 Å². The van der Waals surface area contributed by atoms with Crippen molar-refractivity contribution in [2.75, 3.05) is 13.1 Å². The van der Waals surface area contributed by atoms with Crippen molar-refractivity contribution >= 4 is 16.9 Å². The molecule has 0 aliphatic heterocycles. The van der Waals surface area contributed by atoms with E-state index in [-0.39, 0.29) is 16.9 Å². The number of fused-ring (bicyclic) bond motifs is 1. The molecule has 2 aromatic heterocycles. The van der Waals surface area contributed by atoms with Crippen molar-refractivity contribution in [3.8, 4) is 0 Å². The first-order valence-electron chi connectivity index (χ1n) is 9.31. The largest absolute Gasteiger partial charge is 0.351 e. The Bertz CT molecular complexity index is 832. The SMILES string of the molecule is CCn1cc(C(=O)NCCN(C(C)C)C(C)C)c(=O)c2ccc(C)nc21. The number of pyridine rings is 2. The van der Waals surface area contributed by atoms with Gasteiger partial charge < -0.3 is 9.88 Å². The molecule has 6 nitrogen and oxygen atoms in total. The Labute approximate surface area is 155 Å². The van der Waals surface area contributed by atoms with Gasteiger partial charge in [0.1, 0.15) is 11.2 Å². The summed E-state index contributed by atoms with van der Waals surface area (Å²) in [6.07, 6.45) is 1.62. The Morgan fingerprint density at radius 1 is 1.23 bits per heavy atom. The van der Waals surface area contributed by atoms with E-state index in [9.17, 15) is 9.59 Å². The van der Waals surface area contributed by atoms with Crippen LogP contribution in [-0.2, 0) is 6.54 Å². The van der Waals surface area contributed by atoms with Gasteiger partial charge in [0.15, 0.2) is 0 Å². The van der Waals surface area contributed by atoms with Crippen LogP contribution in [0, 0.1) is 6.92 Å². The predicted molar refractivity (Wildman–Crippen MR) is 106 cm³/mol. The molecule has 1 amide bonds. The highest BCUT2D eigenvalue weighted by Gasteiger charge is 2.17. The number of nitrogens with one attached hydrogen (secondary N) is 1. The van der Waals surface area contributed by atoms with Crippen molar-refractivity contribution in [1.29, 1.82) is 0 Å². The minimum Gasteiger partial charge on any atom is -0.351 e. The molecule has 0 atom stereocenters. The Morgan fingerprint density at radius 2 is 1.88 bits per heavy atom. The maximum Gasteiger partial charge on any atom is 0.256 e. The third-order valence-electron chi connectivity index (χ3n) is 4.63. The molecular formula is C20H30N4O2. The predicted octanol–water partition coefficient (Wildman–Crippen LogP) is 2.57. The molecule has 2 heterocycles. The molecule has 0 aromatic carbocycles. The van der Waals surface area contributed by atoms with Crippen LogP contribution in [0.1, 0.15) is 50.7 Å². The highest BCUT2D eigenvalue weighted by molar-refractivity contribution is 5.96. The number of aromatic nitrogens is 2. The van der Waals surface area contributed by atoms with Gasteiger partial charge in [-0.1, -0.05) is 0 Å². The number of hydrogen-bond donors (Lipinski definition) is 1. The van der Waals surface area contributed by atoms with Gasteiger partial charge in [0.2, 0.25) is 5.43 Å². The van der Waals surface area contributed by atoms with Crippen LogP contribution in [-0.4, -0.2) is 45.5 Å². The second-order valence-electron chi connectivity index (χ2n) is 7.16. The molecule has 0 saturated carbocycles. The van der Waals surface area contributed by atoms with Gasteiger partial charge >= 0.3 is 0 Å². The minimum atomic E-state index is -0.327. The van der Waals surface area contributed by atoms with Gasteiger partial charge in [-0.15, -0.1) is 0 Å². The zero-order chi connectivity index (χ0) is 19.4. The first kappa shape index (κ1) is 20.1. The Balaban J connectivity index is 2.24. The van der Waals surface area contributed by atoms with Crippen LogP contribution in [0.15, 0.2) is 23.1 Å². The van der Waals surface area contributed by atoms with Gasteiger partial charge in [-0.25, -0.2) is 4.98 Å². The van der Waals surface area contributed by atoms with Crippen LogP contribution >= 0.6 is 0 Å². The summed E-state index contributed by atoms with van der Waals surface area (Å²) in [4.78, 5) is 32.1. The number of carbonyl (C=O) groups is 1. The monoisotopic (exact) mass is 358 g/mol.